The van der Waals surface area contributed by atoms with Gasteiger partial charge in [0.15, 0.2) is 0 Å². The molecule has 1 N–H and O–H groups in total. The molecule has 0 aliphatic rings. The Morgan fingerprint density at radius 3 is 2.56 bits per heavy atom. The van der Waals surface area contributed by atoms with Crippen LogP contribution in [0.2, 0.25) is 0 Å². The van der Waals surface area contributed by atoms with Gasteiger partial charge in [0.05, 0.1) is 0 Å². The highest BCUT2D eigenvalue weighted by Gasteiger charge is 2.11. The molecule has 0 amide bonds. The summed E-state index contributed by atoms with van der Waals surface area (Å²) in [4.78, 5) is 19.4. The Kier molecular flexibility index (Phi) is 1.32. The van der Waals surface area contributed by atoms with Crippen molar-refractivity contribution in [2.45, 2.75) is 0 Å². The molecule has 1 aromatic rings. The van der Waals surface area contributed by atoms with Crippen LogP contribution in [0.4, 0.5) is 4.79 Å². The molecule has 0 atom stereocenters. The Morgan fingerprint density at radius 1 is 1.67 bits per heavy atom. The van der Waals surface area contributed by atoms with Gasteiger partial charge in [-0.1, -0.05) is 0 Å². The maximum Gasteiger partial charge on any atom is 0.532 e. The molecule has 1 aromatic heterocycles. The van der Waals surface area contributed by atoms with Crippen LogP contribution in [-0.4, -0.2) is 11.3 Å². The summed E-state index contributed by atoms with van der Waals surface area (Å²) in [6.45, 7) is 0. The smallest absolute Gasteiger partial charge is 0.449 e. The van der Waals surface area contributed by atoms with E-state index in [-0.39, 0.29) is 0 Å². The Morgan fingerprint density at radius 2 is 2.22 bits per heavy atom. The van der Waals surface area contributed by atoms with Gasteiger partial charge in [0.2, 0.25) is 0 Å². The van der Waals surface area contributed by atoms with Crippen molar-refractivity contribution in [3.63, 3.8) is 0 Å². The van der Waals surface area contributed by atoms with Gasteiger partial charge in [0.1, 0.15) is 0 Å². The van der Waals surface area contributed by atoms with E-state index in [2.05, 4.69) is 12.9 Å². The first-order valence-corrected chi connectivity index (χ1v) is 2.89. The van der Waals surface area contributed by atoms with Crippen molar-refractivity contribution >= 4 is 14.4 Å². The standard InChI is InChI=1S/C2HO6P/c3-1(4)6-9-7-2(5)8-9/h(H,3,4). The summed E-state index contributed by atoms with van der Waals surface area (Å²) in [5.41, 5.74) is 0. The third-order valence-electron chi connectivity index (χ3n) is 0.451. The molecule has 0 saturated heterocycles. The van der Waals surface area contributed by atoms with E-state index in [9.17, 15) is 9.59 Å². The monoisotopic (exact) mass is 152 g/mol. The van der Waals surface area contributed by atoms with Crippen molar-refractivity contribution in [1.82, 2.24) is 0 Å². The van der Waals surface area contributed by atoms with Crippen LogP contribution in [0.15, 0.2) is 13.2 Å². The molecule has 0 unspecified atom stereocenters. The van der Waals surface area contributed by atoms with Gasteiger partial charge in [-0.25, -0.2) is 9.59 Å². The number of carbonyl (C=O) groups is 1. The van der Waals surface area contributed by atoms with Crippen LogP contribution < -0.4 is 10.3 Å². The van der Waals surface area contributed by atoms with E-state index in [1.807, 2.05) is 0 Å². The molecule has 9 heavy (non-hydrogen) atoms. The Hall–Kier alpha value is -1.16. The predicted octanol–water partition coefficient (Wildman–Crippen LogP) is 0.326. The van der Waals surface area contributed by atoms with E-state index < -0.39 is 20.2 Å². The van der Waals surface area contributed by atoms with Crippen molar-refractivity contribution in [1.29, 1.82) is 0 Å². The second-order valence-corrected chi connectivity index (χ2v) is 2.01. The van der Waals surface area contributed by atoms with Gasteiger partial charge in [-0.2, -0.15) is 0 Å². The molecule has 0 saturated carbocycles. The molecular weight excluding hydrogens is 151 g/mol. The van der Waals surface area contributed by atoms with Crippen molar-refractivity contribution in [2.24, 2.45) is 0 Å². The van der Waals surface area contributed by atoms with Crippen molar-refractivity contribution in [3.8, 4) is 0 Å². The largest absolute Gasteiger partial charge is 0.532 e. The van der Waals surface area contributed by atoms with E-state index in [1.54, 1.807) is 0 Å². The minimum Gasteiger partial charge on any atom is -0.449 e. The summed E-state index contributed by atoms with van der Waals surface area (Å²) >= 11 is 0. The molecule has 0 aliphatic heterocycles. The summed E-state index contributed by atoms with van der Waals surface area (Å²) < 4.78 is 12.0. The summed E-state index contributed by atoms with van der Waals surface area (Å²) in [5, 5.41) is 7.86. The first kappa shape index (κ1) is 5.97. The quantitative estimate of drug-likeness (QED) is 0.623. The Labute approximate surface area is 49.0 Å². The van der Waals surface area contributed by atoms with Crippen molar-refractivity contribution < 1.29 is 22.8 Å². The Balaban J connectivity index is 2.54. The molecule has 0 spiro atoms. The van der Waals surface area contributed by atoms with Crippen LogP contribution in [-0.2, 0) is 0 Å². The summed E-state index contributed by atoms with van der Waals surface area (Å²) in [6, 6.07) is 0. The van der Waals surface area contributed by atoms with E-state index in [1.165, 1.54) is 0 Å². The average molecular weight is 152 g/mol. The van der Waals surface area contributed by atoms with E-state index in [0.29, 0.717) is 0 Å². The Bertz CT molecular complexity index is 235. The van der Waals surface area contributed by atoms with E-state index in [4.69, 9.17) is 5.11 Å². The molecule has 7 heteroatoms. The first-order valence-electron chi connectivity index (χ1n) is 1.79. The fourth-order valence-electron chi connectivity index (χ4n) is 0.230. The molecule has 0 fully saturated rings. The number of rotatable bonds is 1. The third-order valence-corrected chi connectivity index (χ3v) is 1.35. The van der Waals surface area contributed by atoms with Gasteiger partial charge in [0.25, 0.3) is 0 Å². The van der Waals surface area contributed by atoms with Crippen LogP contribution in [0.3, 0.4) is 0 Å². The summed E-state index contributed by atoms with van der Waals surface area (Å²) in [6.07, 6.45) is -1.52. The van der Waals surface area contributed by atoms with E-state index in [0.717, 1.165) is 0 Å². The van der Waals surface area contributed by atoms with Gasteiger partial charge in [0, 0.05) is 0 Å². The molecule has 1 rings (SSSR count). The minimum absolute atomic E-state index is 0.901. The molecule has 0 aromatic carbocycles. The highest BCUT2D eigenvalue weighted by Crippen LogP contribution is 2.20. The number of carboxylic acid groups (broad SMARTS) is 1. The fraction of sp³-hybridized carbons (Fsp3) is 0. The van der Waals surface area contributed by atoms with Crippen LogP contribution in [0.5, 0.6) is 0 Å². The minimum atomic E-state index is -1.93. The molecule has 0 radical (unpaired) electrons. The van der Waals surface area contributed by atoms with Gasteiger partial charge >= 0.3 is 20.2 Å². The van der Waals surface area contributed by atoms with Crippen LogP contribution in [0.25, 0.3) is 0 Å². The van der Waals surface area contributed by atoms with Gasteiger partial charge in [-0.15, -0.1) is 0 Å². The zero-order chi connectivity index (χ0) is 6.85. The topological polar surface area (TPSA) is 89.9 Å². The van der Waals surface area contributed by atoms with Crippen molar-refractivity contribution in [3.05, 3.63) is 10.6 Å². The van der Waals surface area contributed by atoms with Crippen LogP contribution in [0.1, 0.15) is 0 Å². The van der Waals surface area contributed by atoms with Gasteiger partial charge in [-0.05, 0) is 0 Å². The summed E-state index contributed by atoms with van der Waals surface area (Å²) in [7, 11) is -1.93. The SMILES string of the molecule is O=C(O)Op1oc(=O)o1. The molecule has 0 aliphatic carbocycles. The zero-order valence-electron chi connectivity index (χ0n) is 3.94. The highest BCUT2D eigenvalue weighted by atomic mass is 31.1. The van der Waals surface area contributed by atoms with Crippen molar-refractivity contribution in [2.75, 3.05) is 0 Å². The van der Waals surface area contributed by atoms with Crippen LogP contribution in [0, 0.1) is 0 Å². The average Bonchev–Trinajstić information content (AvgIpc) is 1.60. The maximum atomic E-state index is 9.79. The van der Waals surface area contributed by atoms with Gasteiger partial charge in [-0.3, -0.25) is 0 Å². The molecule has 1 heterocycles. The zero-order valence-corrected chi connectivity index (χ0v) is 4.83. The van der Waals surface area contributed by atoms with Crippen LogP contribution >= 0.6 is 8.24 Å². The second kappa shape index (κ2) is 1.99. The number of hydrogen-bond acceptors (Lipinski definition) is 5. The molecule has 6 nitrogen and oxygen atoms in total. The first-order chi connectivity index (χ1) is 4.18. The second-order valence-electron chi connectivity index (χ2n) is 1.01. The normalized spacial score (nSPS) is 9.33. The molecule has 0 bridgehead atoms. The predicted molar refractivity (Wildman–Crippen MR) is 24.6 cm³/mol. The summed E-state index contributed by atoms with van der Waals surface area (Å²) in [5.74, 6) is -0.901. The molecular formula is C2HO6P. The lowest BCUT2D eigenvalue weighted by Gasteiger charge is -1.93. The maximum absolute atomic E-state index is 9.79. The third kappa shape index (κ3) is 1.36. The molecule has 50 valence electrons. The highest BCUT2D eigenvalue weighted by molar-refractivity contribution is 7.32. The number of hydrogen-bond donors (Lipinski definition) is 1. The lowest BCUT2D eigenvalue weighted by atomic mass is 11.5. The van der Waals surface area contributed by atoms with E-state index >= 15 is 0 Å². The van der Waals surface area contributed by atoms with Gasteiger partial charge < -0.3 is 18.0 Å². The lowest BCUT2D eigenvalue weighted by molar-refractivity contribution is 0.151. The lowest BCUT2D eigenvalue weighted by Crippen LogP contribution is -2.07. The fourth-order valence-corrected chi connectivity index (χ4v) is 0.689.